The molecule has 6 heteroatoms. The zero-order valence-electron chi connectivity index (χ0n) is 13.6. The topological polar surface area (TPSA) is 71.2 Å². The van der Waals surface area contributed by atoms with Gasteiger partial charge >= 0.3 is 0 Å². The van der Waals surface area contributed by atoms with Gasteiger partial charge in [-0.25, -0.2) is 4.98 Å². The maximum Gasteiger partial charge on any atom is 0.268 e. The Bertz CT molecular complexity index is 520. The maximum absolute atomic E-state index is 12.7. The van der Waals surface area contributed by atoms with Gasteiger partial charge < -0.3 is 16.0 Å². The zero-order valence-corrected chi connectivity index (χ0v) is 14.4. The Kier molecular flexibility index (Phi) is 4.46. The molecule has 2 atom stereocenters. The third kappa shape index (κ3) is 3.87. The highest BCUT2D eigenvalue weighted by atomic mass is 32.1. The lowest BCUT2D eigenvalue weighted by Gasteiger charge is -2.36. The van der Waals surface area contributed by atoms with E-state index in [1.807, 2.05) is 4.90 Å². The van der Waals surface area contributed by atoms with Crippen LogP contribution >= 0.6 is 11.3 Å². The largest absolute Gasteiger partial charge is 0.382 e. The van der Waals surface area contributed by atoms with Crippen LogP contribution in [0, 0.1) is 5.92 Å². The van der Waals surface area contributed by atoms with Crippen molar-refractivity contribution in [1.29, 1.82) is 0 Å². The third-order valence-corrected chi connectivity index (χ3v) is 4.68. The summed E-state index contributed by atoms with van der Waals surface area (Å²) < 4.78 is 0. The summed E-state index contributed by atoms with van der Waals surface area (Å²) in [6.45, 7) is 11.3. The summed E-state index contributed by atoms with van der Waals surface area (Å²) in [4.78, 5) is 19.5. The summed E-state index contributed by atoms with van der Waals surface area (Å²) in [7, 11) is 0. The molecule has 118 valence electrons. The van der Waals surface area contributed by atoms with Crippen molar-refractivity contribution in [2.45, 2.75) is 59.0 Å². The van der Waals surface area contributed by atoms with Crippen molar-refractivity contribution in [2.24, 2.45) is 5.92 Å². The van der Waals surface area contributed by atoms with Gasteiger partial charge in [0.05, 0.1) is 0 Å². The molecule has 0 radical (unpaired) electrons. The maximum atomic E-state index is 12.7. The van der Waals surface area contributed by atoms with Crippen LogP contribution in [0.2, 0.25) is 0 Å². The van der Waals surface area contributed by atoms with Gasteiger partial charge in [-0.15, -0.1) is 0 Å². The number of hydrogen-bond acceptors (Lipinski definition) is 5. The lowest BCUT2D eigenvalue weighted by atomic mass is 9.95. The molecule has 0 saturated carbocycles. The molecule has 1 saturated heterocycles. The molecule has 3 N–H and O–H groups in total. The molecule has 1 aliphatic heterocycles. The first-order valence-electron chi connectivity index (χ1n) is 7.53. The molecule has 0 bridgehead atoms. The standard InChI is InChI=1S/C15H26N4OS/c1-9-6-7-10(2)19(8-9)13(20)11-12(16)17-14(21-11)18-15(3,4)5/h9-10H,6-8,16H2,1-5H3,(H,17,18). The summed E-state index contributed by atoms with van der Waals surface area (Å²) >= 11 is 1.35. The minimum atomic E-state index is -0.0997. The molecule has 1 amide bonds. The van der Waals surface area contributed by atoms with Crippen LogP contribution in [0.25, 0.3) is 0 Å². The normalized spacial score (nSPS) is 23.2. The van der Waals surface area contributed by atoms with E-state index >= 15 is 0 Å². The Balaban J connectivity index is 2.19. The van der Waals surface area contributed by atoms with Crippen LogP contribution in [0.15, 0.2) is 0 Å². The third-order valence-electron chi connectivity index (χ3n) is 3.71. The summed E-state index contributed by atoms with van der Waals surface area (Å²) in [6, 6.07) is 0.272. The van der Waals surface area contributed by atoms with Crippen molar-refractivity contribution < 1.29 is 4.79 Å². The lowest BCUT2D eigenvalue weighted by Crippen LogP contribution is -2.44. The second-order valence-corrected chi connectivity index (χ2v) is 8.10. The Hall–Kier alpha value is -1.30. The van der Waals surface area contributed by atoms with Crippen LogP contribution in [-0.4, -0.2) is 33.9 Å². The van der Waals surface area contributed by atoms with Crippen molar-refractivity contribution in [1.82, 2.24) is 9.88 Å². The summed E-state index contributed by atoms with van der Waals surface area (Å²) in [5.74, 6) is 0.902. The molecule has 1 aliphatic rings. The number of nitrogens with zero attached hydrogens (tertiary/aromatic N) is 2. The molecule has 1 aromatic heterocycles. The van der Waals surface area contributed by atoms with Gasteiger partial charge in [-0.2, -0.15) is 0 Å². The van der Waals surface area contributed by atoms with Gasteiger partial charge in [0.2, 0.25) is 0 Å². The van der Waals surface area contributed by atoms with E-state index in [9.17, 15) is 4.79 Å². The predicted molar refractivity (Wildman–Crippen MR) is 88.8 cm³/mol. The Labute approximate surface area is 130 Å². The fourth-order valence-corrected chi connectivity index (χ4v) is 3.61. The van der Waals surface area contributed by atoms with Gasteiger partial charge in [-0.05, 0) is 46.5 Å². The second kappa shape index (κ2) is 5.83. The van der Waals surface area contributed by atoms with Crippen molar-refractivity contribution in [3.63, 3.8) is 0 Å². The first-order chi connectivity index (χ1) is 9.67. The van der Waals surface area contributed by atoms with E-state index in [1.54, 1.807) is 0 Å². The number of aromatic nitrogens is 1. The summed E-state index contributed by atoms with van der Waals surface area (Å²) in [5, 5.41) is 3.99. The van der Waals surface area contributed by atoms with Crippen LogP contribution in [0.5, 0.6) is 0 Å². The summed E-state index contributed by atoms with van der Waals surface area (Å²) in [5.41, 5.74) is 5.86. The Morgan fingerprint density at radius 2 is 2.05 bits per heavy atom. The van der Waals surface area contributed by atoms with Gasteiger partial charge in [-0.3, -0.25) is 4.79 Å². The number of nitrogen functional groups attached to an aromatic ring is 1. The minimum Gasteiger partial charge on any atom is -0.382 e. The average molecular weight is 310 g/mol. The van der Waals surface area contributed by atoms with E-state index in [0.29, 0.717) is 21.7 Å². The number of piperidine rings is 1. The van der Waals surface area contributed by atoms with Crippen LogP contribution in [0.4, 0.5) is 10.9 Å². The number of nitrogens with two attached hydrogens (primary N) is 1. The molecule has 2 unspecified atom stereocenters. The molecular formula is C15H26N4OS. The Morgan fingerprint density at radius 3 is 2.67 bits per heavy atom. The van der Waals surface area contributed by atoms with Crippen LogP contribution in [0.3, 0.4) is 0 Å². The minimum absolute atomic E-state index is 0.0195. The molecule has 0 aliphatic carbocycles. The zero-order chi connectivity index (χ0) is 15.8. The fraction of sp³-hybridized carbons (Fsp3) is 0.733. The molecule has 0 spiro atoms. The number of amides is 1. The van der Waals surface area contributed by atoms with Crippen molar-refractivity contribution in [3.05, 3.63) is 4.88 Å². The monoisotopic (exact) mass is 310 g/mol. The number of carbonyl (C=O) groups is 1. The number of hydrogen-bond donors (Lipinski definition) is 2. The van der Waals surface area contributed by atoms with Crippen LogP contribution < -0.4 is 11.1 Å². The quantitative estimate of drug-likeness (QED) is 0.880. The molecule has 0 aromatic carbocycles. The molecule has 2 rings (SSSR count). The number of rotatable bonds is 2. The van der Waals surface area contributed by atoms with E-state index in [4.69, 9.17) is 5.73 Å². The van der Waals surface area contributed by atoms with E-state index in [2.05, 4.69) is 44.9 Å². The number of likely N-dealkylation sites (tertiary alicyclic amines) is 1. The first kappa shape index (κ1) is 16.1. The van der Waals surface area contributed by atoms with Crippen LogP contribution in [-0.2, 0) is 0 Å². The SMILES string of the molecule is CC1CCC(C)N(C(=O)c2sc(NC(C)(C)C)nc2N)C1. The number of thiazole rings is 1. The number of nitrogens with one attached hydrogen (secondary N) is 1. The Morgan fingerprint density at radius 1 is 1.38 bits per heavy atom. The molecule has 5 nitrogen and oxygen atoms in total. The first-order valence-corrected chi connectivity index (χ1v) is 8.34. The van der Waals surface area contributed by atoms with Gasteiger partial charge in [-0.1, -0.05) is 18.3 Å². The fourth-order valence-electron chi connectivity index (χ4n) is 2.56. The highest BCUT2D eigenvalue weighted by Crippen LogP contribution is 2.31. The van der Waals surface area contributed by atoms with Gasteiger partial charge in [0.1, 0.15) is 10.7 Å². The van der Waals surface area contributed by atoms with Crippen molar-refractivity contribution >= 4 is 28.2 Å². The average Bonchev–Trinajstić information content (AvgIpc) is 2.70. The summed E-state index contributed by atoms with van der Waals surface area (Å²) in [6.07, 6.45) is 2.23. The van der Waals surface area contributed by atoms with E-state index < -0.39 is 0 Å². The van der Waals surface area contributed by atoms with E-state index in [-0.39, 0.29) is 17.5 Å². The van der Waals surface area contributed by atoms with Gasteiger partial charge in [0, 0.05) is 18.1 Å². The van der Waals surface area contributed by atoms with Crippen LogP contribution in [0.1, 0.15) is 57.1 Å². The van der Waals surface area contributed by atoms with Gasteiger partial charge in [0.15, 0.2) is 5.13 Å². The van der Waals surface area contributed by atoms with E-state index in [0.717, 1.165) is 13.0 Å². The molecule has 21 heavy (non-hydrogen) atoms. The number of carbonyl (C=O) groups excluding carboxylic acids is 1. The van der Waals surface area contributed by atoms with Crippen molar-refractivity contribution in [3.8, 4) is 0 Å². The molecule has 2 heterocycles. The molecule has 1 aromatic rings. The molecular weight excluding hydrogens is 284 g/mol. The number of anilines is 2. The second-order valence-electron chi connectivity index (χ2n) is 7.10. The predicted octanol–water partition coefficient (Wildman–Crippen LogP) is 3.20. The highest BCUT2D eigenvalue weighted by molar-refractivity contribution is 7.18. The van der Waals surface area contributed by atoms with Gasteiger partial charge in [0.25, 0.3) is 5.91 Å². The van der Waals surface area contributed by atoms with E-state index in [1.165, 1.54) is 17.8 Å². The lowest BCUT2D eigenvalue weighted by molar-refractivity contribution is 0.0580. The highest BCUT2D eigenvalue weighted by Gasteiger charge is 2.30. The molecule has 1 fully saturated rings. The van der Waals surface area contributed by atoms with Crippen molar-refractivity contribution in [2.75, 3.05) is 17.6 Å². The smallest absolute Gasteiger partial charge is 0.268 e.